The Morgan fingerprint density at radius 1 is 1.08 bits per heavy atom. The molecular weight excluding hydrogens is 338 g/mol. The third-order valence-corrected chi connectivity index (χ3v) is 5.41. The summed E-state index contributed by atoms with van der Waals surface area (Å²) in [5.74, 6) is 0.434. The van der Waals surface area contributed by atoms with Crippen molar-refractivity contribution in [2.45, 2.75) is 5.25 Å². The summed E-state index contributed by atoms with van der Waals surface area (Å²) in [7, 11) is 1.90. The summed E-state index contributed by atoms with van der Waals surface area (Å²) < 4.78 is 0. The molecule has 0 aliphatic rings. The number of hydrogen-bond acceptors (Lipinski definition) is 3. The number of hydrogen-bond donors (Lipinski definition) is 1. The number of carbonyl (C=O) groups excluding carboxylic acids is 1. The van der Waals surface area contributed by atoms with Crippen LogP contribution in [0.5, 0.6) is 0 Å². The van der Waals surface area contributed by atoms with Gasteiger partial charge in [0.1, 0.15) is 6.29 Å². The molecule has 0 aromatic heterocycles. The van der Waals surface area contributed by atoms with Crippen molar-refractivity contribution in [2.75, 3.05) is 18.1 Å². The minimum atomic E-state index is 0.0300. The van der Waals surface area contributed by atoms with Gasteiger partial charge in [0.05, 0.1) is 11.0 Å². The predicted molar refractivity (Wildman–Crippen MR) is 105 cm³/mol. The molecule has 1 atom stereocenters. The third-order valence-electron chi connectivity index (χ3n) is 4.00. The van der Waals surface area contributed by atoms with E-state index in [0.29, 0.717) is 10.8 Å². The molecule has 4 heteroatoms. The number of halogens is 1. The summed E-state index contributed by atoms with van der Waals surface area (Å²) in [4.78, 5) is 11.0. The minimum absolute atomic E-state index is 0.0300. The van der Waals surface area contributed by atoms with Gasteiger partial charge in [-0.1, -0.05) is 54.1 Å². The number of carbonyl (C=O) groups is 1. The molecule has 3 aromatic carbocycles. The first-order valence-corrected chi connectivity index (χ1v) is 9.17. The average Bonchev–Trinajstić information content (AvgIpc) is 2.62. The van der Waals surface area contributed by atoms with E-state index in [1.807, 2.05) is 37.4 Å². The lowest BCUT2D eigenvalue weighted by Crippen LogP contribution is -2.04. The Balaban J connectivity index is 2.19. The zero-order valence-corrected chi connectivity index (χ0v) is 14.9. The highest BCUT2D eigenvalue weighted by Crippen LogP contribution is 2.42. The van der Waals surface area contributed by atoms with Crippen LogP contribution < -0.4 is 5.32 Å². The van der Waals surface area contributed by atoms with Gasteiger partial charge in [0.25, 0.3) is 0 Å². The first-order valence-electron chi connectivity index (χ1n) is 7.74. The number of nitrogens with one attached hydrogen (secondary N) is 1. The summed E-state index contributed by atoms with van der Waals surface area (Å²) in [5.41, 5.74) is 3.31. The van der Waals surface area contributed by atoms with Gasteiger partial charge in [-0.15, -0.1) is 11.8 Å². The highest BCUT2D eigenvalue weighted by Gasteiger charge is 2.20. The summed E-state index contributed by atoms with van der Waals surface area (Å²) in [5, 5.41) is 6.36. The summed E-state index contributed by atoms with van der Waals surface area (Å²) in [6, 6.07) is 20.5. The van der Waals surface area contributed by atoms with Crippen molar-refractivity contribution >= 4 is 46.1 Å². The number of rotatable bonds is 6. The largest absolute Gasteiger partial charge is 0.388 e. The van der Waals surface area contributed by atoms with Crippen LogP contribution in [0, 0.1) is 0 Å². The Bertz CT molecular complexity index is 860. The van der Waals surface area contributed by atoms with Crippen molar-refractivity contribution in [3.8, 4) is 0 Å². The molecule has 0 bridgehead atoms. The lowest BCUT2D eigenvalue weighted by atomic mass is 9.97. The third kappa shape index (κ3) is 3.42. The topological polar surface area (TPSA) is 29.1 Å². The van der Waals surface area contributed by atoms with E-state index in [-0.39, 0.29) is 5.25 Å². The lowest BCUT2D eigenvalue weighted by Gasteiger charge is -2.22. The first kappa shape index (κ1) is 16.9. The monoisotopic (exact) mass is 355 g/mol. The molecule has 1 N–H and O–H groups in total. The van der Waals surface area contributed by atoms with Crippen LogP contribution in [0.2, 0.25) is 5.02 Å². The van der Waals surface area contributed by atoms with E-state index in [0.717, 1.165) is 17.5 Å². The Hall–Kier alpha value is -1.97. The molecule has 0 aliphatic carbocycles. The molecule has 1 unspecified atom stereocenters. The summed E-state index contributed by atoms with van der Waals surface area (Å²) in [6.07, 6.45) is 0.951. The van der Waals surface area contributed by atoms with Gasteiger partial charge in [0, 0.05) is 17.8 Å². The first-order chi connectivity index (χ1) is 11.7. The second kappa shape index (κ2) is 7.73. The molecule has 0 amide bonds. The van der Waals surface area contributed by atoms with Crippen LogP contribution in [0.3, 0.4) is 0 Å². The second-order valence-electron chi connectivity index (χ2n) is 5.43. The lowest BCUT2D eigenvalue weighted by molar-refractivity contribution is -0.105. The molecule has 0 spiro atoms. The van der Waals surface area contributed by atoms with Crippen molar-refractivity contribution < 1.29 is 4.79 Å². The Labute approximate surface area is 151 Å². The molecule has 0 saturated heterocycles. The van der Waals surface area contributed by atoms with E-state index >= 15 is 0 Å². The standard InChI is InChI=1S/C20H18ClNOS/c1-22-19-10-9-15(21)13-18(19)20(24-12-11-23)17-8-4-6-14-5-2-3-7-16(14)17/h2-11,13,20,22H,12H2,1H3. The molecule has 3 rings (SSSR count). The fraction of sp³-hybridized carbons (Fsp3) is 0.150. The maximum atomic E-state index is 11.0. The van der Waals surface area contributed by atoms with Gasteiger partial charge in [0.2, 0.25) is 0 Å². The van der Waals surface area contributed by atoms with Gasteiger partial charge < -0.3 is 10.1 Å². The van der Waals surface area contributed by atoms with E-state index < -0.39 is 0 Å². The van der Waals surface area contributed by atoms with E-state index in [1.165, 1.54) is 16.3 Å². The molecule has 0 radical (unpaired) electrons. The van der Waals surface area contributed by atoms with Crippen LogP contribution in [0.4, 0.5) is 5.69 Å². The molecule has 122 valence electrons. The van der Waals surface area contributed by atoms with Gasteiger partial charge in [-0.05, 0) is 40.1 Å². The van der Waals surface area contributed by atoms with Crippen LogP contribution >= 0.6 is 23.4 Å². The van der Waals surface area contributed by atoms with Crippen LogP contribution in [0.1, 0.15) is 16.4 Å². The maximum absolute atomic E-state index is 11.0. The second-order valence-corrected chi connectivity index (χ2v) is 7.00. The van der Waals surface area contributed by atoms with Gasteiger partial charge in [-0.25, -0.2) is 0 Å². The minimum Gasteiger partial charge on any atom is -0.388 e. The van der Waals surface area contributed by atoms with Crippen molar-refractivity contribution in [1.82, 2.24) is 0 Å². The van der Waals surface area contributed by atoms with E-state index in [1.54, 1.807) is 11.8 Å². The number of benzene rings is 3. The van der Waals surface area contributed by atoms with Crippen LogP contribution in [-0.4, -0.2) is 19.1 Å². The maximum Gasteiger partial charge on any atom is 0.129 e. The van der Waals surface area contributed by atoms with Crippen molar-refractivity contribution in [3.05, 3.63) is 76.8 Å². The molecule has 3 aromatic rings. The molecule has 2 nitrogen and oxygen atoms in total. The number of anilines is 1. The van der Waals surface area contributed by atoms with Crippen LogP contribution in [-0.2, 0) is 4.79 Å². The number of aldehydes is 1. The van der Waals surface area contributed by atoms with Gasteiger partial charge in [-0.3, -0.25) is 0 Å². The molecule has 24 heavy (non-hydrogen) atoms. The normalized spacial score (nSPS) is 12.1. The molecule has 0 saturated carbocycles. The average molecular weight is 356 g/mol. The van der Waals surface area contributed by atoms with Gasteiger partial charge >= 0.3 is 0 Å². The van der Waals surface area contributed by atoms with E-state index in [4.69, 9.17) is 11.6 Å². The summed E-state index contributed by atoms with van der Waals surface area (Å²) >= 11 is 7.87. The quantitative estimate of drug-likeness (QED) is 0.587. The Morgan fingerprint density at radius 2 is 1.88 bits per heavy atom. The Kier molecular flexibility index (Phi) is 5.44. The van der Waals surface area contributed by atoms with E-state index in [2.05, 4.69) is 35.6 Å². The van der Waals surface area contributed by atoms with Crippen molar-refractivity contribution in [1.29, 1.82) is 0 Å². The van der Waals surface area contributed by atoms with Crippen molar-refractivity contribution in [3.63, 3.8) is 0 Å². The van der Waals surface area contributed by atoms with Gasteiger partial charge in [-0.2, -0.15) is 0 Å². The smallest absolute Gasteiger partial charge is 0.129 e. The molecular formula is C20H18ClNOS. The van der Waals surface area contributed by atoms with Crippen LogP contribution in [0.15, 0.2) is 60.7 Å². The zero-order valence-electron chi connectivity index (χ0n) is 13.3. The molecule has 0 fully saturated rings. The van der Waals surface area contributed by atoms with E-state index in [9.17, 15) is 4.79 Å². The zero-order chi connectivity index (χ0) is 16.9. The van der Waals surface area contributed by atoms with Gasteiger partial charge in [0.15, 0.2) is 0 Å². The van der Waals surface area contributed by atoms with Crippen molar-refractivity contribution in [2.24, 2.45) is 0 Å². The number of thioether (sulfide) groups is 1. The molecule has 0 aliphatic heterocycles. The highest BCUT2D eigenvalue weighted by atomic mass is 35.5. The fourth-order valence-electron chi connectivity index (χ4n) is 2.94. The number of fused-ring (bicyclic) bond motifs is 1. The highest BCUT2D eigenvalue weighted by molar-refractivity contribution is 8.00. The summed E-state index contributed by atoms with van der Waals surface area (Å²) in [6.45, 7) is 0. The Morgan fingerprint density at radius 3 is 2.67 bits per heavy atom. The SMILES string of the molecule is CNc1ccc(Cl)cc1C(SCC=O)c1cccc2ccccc12. The predicted octanol–water partition coefficient (Wildman–Crippen LogP) is 5.56. The van der Waals surface area contributed by atoms with Crippen LogP contribution in [0.25, 0.3) is 10.8 Å². The fourth-order valence-corrected chi connectivity index (χ4v) is 4.15. The molecule has 0 heterocycles.